The number of nitrogens with one attached hydrogen (secondary N) is 1. The third kappa shape index (κ3) is 3.46. The van der Waals surface area contributed by atoms with Gasteiger partial charge in [-0.1, -0.05) is 13.8 Å². The summed E-state index contributed by atoms with van der Waals surface area (Å²) in [6, 6.07) is 0. The summed E-state index contributed by atoms with van der Waals surface area (Å²) in [5.74, 6) is 0.794. The van der Waals surface area contributed by atoms with Crippen LogP contribution in [-0.2, 0) is 0 Å². The molecule has 0 aromatic carbocycles. The molecule has 96 valence electrons. The van der Waals surface area contributed by atoms with Gasteiger partial charge in [-0.15, -0.1) is 0 Å². The van der Waals surface area contributed by atoms with Gasteiger partial charge in [0.1, 0.15) is 0 Å². The van der Waals surface area contributed by atoms with E-state index >= 15 is 0 Å². The molecular formula is C14H30N2. The van der Waals surface area contributed by atoms with Crippen molar-refractivity contribution in [3.8, 4) is 0 Å². The zero-order chi connectivity index (χ0) is 12.4. The number of hydrogen-bond donors (Lipinski definition) is 1. The average Bonchev–Trinajstić information content (AvgIpc) is 2.20. The van der Waals surface area contributed by atoms with Crippen LogP contribution < -0.4 is 5.32 Å². The fourth-order valence-corrected chi connectivity index (χ4v) is 2.83. The number of hydrogen-bond acceptors (Lipinski definition) is 2. The normalized spacial score (nSPS) is 25.7. The number of nitrogens with zero attached hydrogens (tertiary/aromatic N) is 1. The summed E-state index contributed by atoms with van der Waals surface area (Å²) in [4.78, 5) is 2.71. The van der Waals surface area contributed by atoms with E-state index in [1.165, 1.54) is 19.4 Å². The predicted octanol–water partition coefficient (Wildman–Crippen LogP) is 2.89. The molecule has 1 aliphatic rings. The van der Waals surface area contributed by atoms with Crippen LogP contribution in [0.5, 0.6) is 0 Å². The Hall–Kier alpha value is -0.0800. The first-order valence-electron chi connectivity index (χ1n) is 6.74. The van der Waals surface area contributed by atoms with Crippen molar-refractivity contribution in [3.05, 3.63) is 0 Å². The highest BCUT2D eigenvalue weighted by atomic mass is 15.3. The molecule has 16 heavy (non-hydrogen) atoms. The van der Waals surface area contributed by atoms with E-state index in [9.17, 15) is 0 Å². The van der Waals surface area contributed by atoms with Crippen molar-refractivity contribution in [1.29, 1.82) is 0 Å². The smallest absolute Gasteiger partial charge is 0.0282 e. The highest BCUT2D eigenvalue weighted by Crippen LogP contribution is 2.30. The lowest BCUT2D eigenvalue weighted by molar-refractivity contribution is 0.0236. The van der Waals surface area contributed by atoms with Gasteiger partial charge in [-0.05, 0) is 59.5 Å². The zero-order valence-corrected chi connectivity index (χ0v) is 12.1. The standard InChI is InChI=1S/C14H30N2/c1-12(2)7-10-16-13(3,4)8-9-15-11-14(16,5)6/h12,15H,7-11H2,1-6H3. The Balaban J connectivity index is 2.77. The Morgan fingerprint density at radius 2 is 1.75 bits per heavy atom. The van der Waals surface area contributed by atoms with Crippen LogP contribution in [0.25, 0.3) is 0 Å². The van der Waals surface area contributed by atoms with Crippen molar-refractivity contribution >= 4 is 0 Å². The molecule has 1 rings (SSSR count). The van der Waals surface area contributed by atoms with Crippen molar-refractivity contribution in [3.63, 3.8) is 0 Å². The van der Waals surface area contributed by atoms with Crippen LogP contribution in [0, 0.1) is 5.92 Å². The monoisotopic (exact) mass is 226 g/mol. The molecule has 1 aliphatic heterocycles. The average molecular weight is 226 g/mol. The fourth-order valence-electron chi connectivity index (χ4n) is 2.83. The van der Waals surface area contributed by atoms with E-state index in [2.05, 4.69) is 51.8 Å². The maximum absolute atomic E-state index is 3.57. The molecule has 1 saturated heterocycles. The van der Waals surface area contributed by atoms with Gasteiger partial charge < -0.3 is 5.32 Å². The van der Waals surface area contributed by atoms with E-state index in [1.54, 1.807) is 0 Å². The van der Waals surface area contributed by atoms with Gasteiger partial charge in [-0.2, -0.15) is 0 Å². The molecule has 1 heterocycles. The zero-order valence-electron chi connectivity index (χ0n) is 12.1. The van der Waals surface area contributed by atoms with Crippen molar-refractivity contribution in [2.45, 2.75) is 65.5 Å². The molecule has 0 amide bonds. The molecule has 0 radical (unpaired) electrons. The lowest BCUT2D eigenvalue weighted by Gasteiger charge is -2.47. The molecule has 0 bridgehead atoms. The second-order valence-corrected chi connectivity index (χ2v) is 6.89. The largest absolute Gasteiger partial charge is 0.315 e. The molecule has 0 aliphatic carbocycles. The summed E-state index contributed by atoms with van der Waals surface area (Å²) in [6.45, 7) is 17.6. The van der Waals surface area contributed by atoms with E-state index < -0.39 is 0 Å². The molecule has 2 heteroatoms. The Morgan fingerprint density at radius 1 is 1.12 bits per heavy atom. The fraction of sp³-hybridized carbons (Fsp3) is 1.00. The van der Waals surface area contributed by atoms with Crippen LogP contribution in [-0.4, -0.2) is 35.6 Å². The van der Waals surface area contributed by atoms with Crippen LogP contribution in [0.3, 0.4) is 0 Å². The molecule has 1 fully saturated rings. The molecule has 0 aromatic rings. The molecule has 0 atom stereocenters. The van der Waals surface area contributed by atoms with Gasteiger partial charge >= 0.3 is 0 Å². The van der Waals surface area contributed by atoms with E-state index in [1.807, 2.05) is 0 Å². The van der Waals surface area contributed by atoms with E-state index in [0.29, 0.717) is 5.54 Å². The van der Waals surface area contributed by atoms with E-state index in [0.717, 1.165) is 19.0 Å². The molecule has 0 aromatic heterocycles. The first kappa shape index (κ1) is 14.0. The molecule has 0 spiro atoms. The topological polar surface area (TPSA) is 15.3 Å². The third-order valence-electron chi connectivity index (χ3n) is 3.86. The summed E-state index contributed by atoms with van der Waals surface area (Å²) in [7, 11) is 0. The highest BCUT2D eigenvalue weighted by Gasteiger charge is 2.38. The Kier molecular flexibility index (Phi) is 4.42. The quantitative estimate of drug-likeness (QED) is 0.796. The minimum atomic E-state index is 0.273. The van der Waals surface area contributed by atoms with Crippen molar-refractivity contribution < 1.29 is 0 Å². The van der Waals surface area contributed by atoms with Crippen LogP contribution in [0.4, 0.5) is 0 Å². The molecule has 0 saturated carbocycles. The van der Waals surface area contributed by atoms with E-state index in [4.69, 9.17) is 0 Å². The third-order valence-corrected chi connectivity index (χ3v) is 3.86. The first-order valence-corrected chi connectivity index (χ1v) is 6.74. The highest BCUT2D eigenvalue weighted by molar-refractivity contribution is 4.96. The number of rotatable bonds is 3. The van der Waals surface area contributed by atoms with Gasteiger partial charge in [-0.3, -0.25) is 4.90 Å². The minimum Gasteiger partial charge on any atom is -0.315 e. The maximum atomic E-state index is 3.57. The van der Waals surface area contributed by atoms with Gasteiger partial charge in [0.25, 0.3) is 0 Å². The van der Waals surface area contributed by atoms with Crippen molar-refractivity contribution in [2.75, 3.05) is 19.6 Å². The molecule has 2 nitrogen and oxygen atoms in total. The SMILES string of the molecule is CC(C)CCN1C(C)(C)CCNCC1(C)C. The Labute approximate surface area is 102 Å². The van der Waals surface area contributed by atoms with Crippen LogP contribution in [0.2, 0.25) is 0 Å². The van der Waals surface area contributed by atoms with Crippen molar-refractivity contribution in [1.82, 2.24) is 10.2 Å². The molecule has 0 unspecified atom stereocenters. The van der Waals surface area contributed by atoms with Gasteiger partial charge in [-0.25, -0.2) is 0 Å². The lowest BCUT2D eigenvalue weighted by Crippen LogP contribution is -2.57. The summed E-state index contributed by atoms with van der Waals surface area (Å²) >= 11 is 0. The summed E-state index contributed by atoms with van der Waals surface area (Å²) < 4.78 is 0. The van der Waals surface area contributed by atoms with Crippen molar-refractivity contribution in [2.24, 2.45) is 5.92 Å². The van der Waals surface area contributed by atoms with Crippen LogP contribution in [0.15, 0.2) is 0 Å². The van der Waals surface area contributed by atoms with Crippen LogP contribution >= 0.6 is 0 Å². The Bertz CT molecular complexity index is 201. The maximum Gasteiger partial charge on any atom is 0.0282 e. The minimum absolute atomic E-state index is 0.273. The second kappa shape index (κ2) is 5.05. The summed E-state index contributed by atoms with van der Waals surface area (Å²) in [5, 5.41) is 3.57. The molecule has 1 N–H and O–H groups in total. The van der Waals surface area contributed by atoms with Gasteiger partial charge in [0.2, 0.25) is 0 Å². The van der Waals surface area contributed by atoms with Crippen LogP contribution in [0.1, 0.15) is 54.4 Å². The summed E-state index contributed by atoms with van der Waals surface area (Å²) in [6.07, 6.45) is 2.54. The Morgan fingerprint density at radius 3 is 2.31 bits per heavy atom. The van der Waals surface area contributed by atoms with E-state index in [-0.39, 0.29) is 5.54 Å². The van der Waals surface area contributed by atoms with Gasteiger partial charge in [0.05, 0.1) is 0 Å². The predicted molar refractivity (Wildman–Crippen MR) is 71.8 cm³/mol. The van der Waals surface area contributed by atoms with Gasteiger partial charge in [0.15, 0.2) is 0 Å². The second-order valence-electron chi connectivity index (χ2n) is 6.89. The lowest BCUT2D eigenvalue weighted by atomic mass is 9.91. The first-order chi connectivity index (χ1) is 7.26. The molecular weight excluding hydrogens is 196 g/mol. The van der Waals surface area contributed by atoms with Gasteiger partial charge in [0, 0.05) is 17.6 Å². The summed E-state index contributed by atoms with van der Waals surface area (Å²) in [5.41, 5.74) is 0.594.